The van der Waals surface area contributed by atoms with Crippen LogP contribution in [0.2, 0.25) is 0 Å². The van der Waals surface area contributed by atoms with E-state index in [1.54, 1.807) is 24.5 Å². The van der Waals surface area contributed by atoms with Crippen LogP contribution in [-0.4, -0.2) is 22.5 Å². The largest absolute Gasteiger partial charge is 0.463 e. The average Bonchev–Trinajstić information content (AvgIpc) is 3.35. The van der Waals surface area contributed by atoms with Crippen LogP contribution in [0.15, 0.2) is 59.4 Å². The lowest BCUT2D eigenvalue weighted by Gasteiger charge is -2.10. The Labute approximate surface area is 167 Å². The van der Waals surface area contributed by atoms with Crippen LogP contribution in [-0.2, 0) is 9.53 Å². The van der Waals surface area contributed by atoms with Crippen LogP contribution in [0.3, 0.4) is 0 Å². The van der Waals surface area contributed by atoms with Gasteiger partial charge in [-0.15, -0.1) is 0 Å². The van der Waals surface area contributed by atoms with E-state index < -0.39 is 0 Å². The summed E-state index contributed by atoms with van der Waals surface area (Å²) in [4.78, 5) is 19.8. The maximum absolute atomic E-state index is 11.9. The molecule has 0 aliphatic carbocycles. The van der Waals surface area contributed by atoms with Gasteiger partial charge in [-0.1, -0.05) is 23.8 Å². The molecule has 4 nitrogen and oxygen atoms in total. The van der Waals surface area contributed by atoms with Gasteiger partial charge in [-0.25, -0.2) is 9.78 Å². The zero-order valence-electron chi connectivity index (χ0n) is 15.7. The summed E-state index contributed by atoms with van der Waals surface area (Å²) in [5.41, 5.74) is 7.26. The summed E-state index contributed by atoms with van der Waals surface area (Å²) in [6.07, 6.45) is 5.04. The number of nitrogens with zero attached hydrogens (tertiary/aromatic N) is 1. The molecule has 3 aromatic heterocycles. The van der Waals surface area contributed by atoms with E-state index in [1.165, 1.54) is 17.2 Å². The molecule has 1 aromatic carbocycles. The highest BCUT2D eigenvalue weighted by Gasteiger charge is 2.16. The van der Waals surface area contributed by atoms with E-state index in [0.29, 0.717) is 6.61 Å². The van der Waals surface area contributed by atoms with E-state index in [4.69, 9.17) is 4.74 Å². The Balaban J connectivity index is 1.93. The first-order valence-corrected chi connectivity index (χ1v) is 10.1. The molecule has 0 bridgehead atoms. The number of rotatable bonds is 5. The van der Waals surface area contributed by atoms with Gasteiger partial charge in [0.1, 0.15) is 5.65 Å². The smallest absolute Gasteiger partial charge is 0.330 e. The molecule has 0 aliphatic heterocycles. The van der Waals surface area contributed by atoms with Gasteiger partial charge >= 0.3 is 5.97 Å². The van der Waals surface area contributed by atoms with Crippen LogP contribution in [0, 0.1) is 6.92 Å². The van der Waals surface area contributed by atoms with E-state index in [2.05, 4.69) is 51.9 Å². The number of aromatic nitrogens is 2. The van der Waals surface area contributed by atoms with Crippen molar-refractivity contribution in [3.05, 3.63) is 70.6 Å². The Morgan fingerprint density at radius 1 is 1.25 bits per heavy atom. The number of H-pyrrole nitrogens is 1. The zero-order chi connectivity index (χ0) is 19.5. The van der Waals surface area contributed by atoms with Gasteiger partial charge in [-0.3, -0.25) is 0 Å². The number of pyridine rings is 1. The molecule has 5 heteroatoms. The number of nitrogens with one attached hydrogen (secondary N) is 1. The molecule has 4 rings (SSSR count). The Hall–Kier alpha value is -3.18. The second kappa shape index (κ2) is 7.82. The van der Waals surface area contributed by atoms with Crippen molar-refractivity contribution in [2.45, 2.75) is 13.8 Å². The SMILES string of the molecule is CCOC(=O)/C=C/c1c(-c2ccc(C)cc2-c2ccsc2)[nH]c2ncccc12. The first-order valence-electron chi connectivity index (χ1n) is 9.12. The Kier molecular flexibility index (Phi) is 5.08. The molecule has 0 radical (unpaired) electrons. The van der Waals surface area contributed by atoms with Gasteiger partial charge in [0.05, 0.1) is 12.3 Å². The fourth-order valence-corrected chi connectivity index (χ4v) is 3.96. The highest BCUT2D eigenvalue weighted by Crippen LogP contribution is 2.38. The van der Waals surface area contributed by atoms with Crippen LogP contribution in [0.25, 0.3) is 39.5 Å². The first-order chi connectivity index (χ1) is 13.7. The number of hydrogen-bond donors (Lipinski definition) is 1. The number of aromatic amines is 1. The topological polar surface area (TPSA) is 55.0 Å². The standard InChI is InChI=1S/C23H20N2O2S/c1-3-27-21(26)9-8-17-19-5-4-11-24-23(19)25-22(17)18-7-6-15(2)13-20(18)16-10-12-28-14-16/h4-14H,3H2,1-2H3,(H,24,25)/b9-8+. The minimum atomic E-state index is -0.353. The summed E-state index contributed by atoms with van der Waals surface area (Å²) < 4.78 is 5.05. The second-order valence-electron chi connectivity index (χ2n) is 6.46. The molecule has 4 aromatic rings. The van der Waals surface area contributed by atoms with Crippen molar-refractivity contribution in [3.8, 4) is 22.4 Å². The van der Waals surface area contributed by atoms with E-state index in [-0.39, 0.29) is 5.97 Å². The molecule has 0 amide bonds. The number of carbonyl (C=O) groups is 1. The lowest BCUT2D eigenvalue weighted by molar-refractivity contribution is -0.137. The normalized spacial score (nSPS) is 11.4. The Bertz CT molecular complexity index is 1160. The third kappa shape index (κ3) is 3.49. The number of ether oxygens (including phenoxy) is 1. The van der Waals surface area contributed by atoms with Crippen molar-refractivity contribution in [3.63, 3.8) is 0 Å². The van der Waals surface area contributed by atoms with E-state index in [1.807, 2.05) is 18.2 Å². The lowest BCUT2D eigenvalue weighted by Crippen LogP contribution is -1.98. The molecule has 0 saturated heterocycles. The Morgan fingerprint density at radius 2 is 2.14 bits per heavy atom. The minimum absolute atomic E-state index is 0.353. The number of esters is 1. The molecule has 0 atom stereocenters. The van der Waals surface area contributed by atoms with Crippen LogP contribution >= 0.6 is 11.3 Å². The molecular formula is C23H20N2O2S. The molecule has 1 N–H and O–H groups in total. The van der Waals surface area contributed by atoms with Crippen molar-refractivity contribution in [2.75, 3.05) is 6.61 Å². The number of fused-ring (bicyclic) bond motifs is 1. The van der Waals surface area contributed by atoms with Crippen molar-refractivity contribution in [1.82, 2.24) is 9.97 Å². The minimum Gasteiger partial charge on any atom is -0.463 e. The van der Waals surface area contributed by atoms with Gasteiger partial charge in [0.15, 0.2) is 0 Å². The molecular weight excluding hydrogens is 368 g/mol. The molecule has 0 aliphatic rings. The average molecular weight is 388 g/mol. The number of benzene rings is 1. The van der Waals surface area contributed by atoms with E-state index in [0.717, 1.165) is 33.4 Å². The Morgan fingerprint density at radius 3 is 2.93 bits per heavy atom. The molecule has 0 spiro atoms. The molecule has 0 saturated carbocycles. The number of thiophene rings is 1. The predicted octanol–water partition coefficient (Wildman–Crippen LogP) is 5.84. The van der Waals surface area contributed by atoms with Crippen molar-refractivity contribution in [2.24, 2.45) is 0 Å². The summed E-state index contributed by atoms with van der Waals surface area (Å²) in [5.74, 6) is -0.353. The molecule has 3 heterocycles. The highest BCUT2D eigenvalue weighted by molar-refractivity contribution is 7.08. The van der Waals surface area contributed by atoms with Gasteiger partial charge in [0, 0.05) is 28.8 Å². The summed E-state index contributed by atoms with van der Waals surface area (Å²) in [6.45, 7) is 4.24. The van der Waals surface area contributed by atoms with E-state index in [9.17, 15) is 4.79 Å². The van der Waals surface area contributed by atoms with E-state index >= 15 is 0 Å². The van der Waals surface area contributed by atoms with Gasteiger partial charge in [0.2, 0.25) is 0 Å². The molecule has 140 valence electrons. The van der Waals surface area contributed by atoms with Crippen LogP contribution in [0.4, 0.5) is 0 Å². The second-order valence-corrected chi connectivity index (χ2v) is 7.24. The molecule has 28 heavy (non-hydrogen) atoms. The quantitative estimate of drug-likeness (QED) is 0.345. The number of hydrogen-bond acceptors (Lipinski definition) is 4. The molecule has 0 fully saturated rings. The highest BCUT2D eigenvalue weighted by atomic mass is 32.1. The summed E-state index contributed by atoms with van der Waals surface area (Å²) in [6, 6.07) is 12.4. The van der Waals surface area contributed by atoms with Crippen LogP contribution < -0.4 is 0 Å². The number of aryl methyl sites for hydroxylation is 1. The first kappa shape index (κ1) is 18.2. The third-order valence-electron chi connectivity index (χ3n) is 4.56. The van der Waals surface area contributed by atoms with Crippen LogP contribution in [0.5, 0.6) is 0 Å². The van der Waals surface area contributed by atoms with Crippen molar-refractivity contribution < 1.29 is 9.53 Å². The van der Waals surface area contributed by atoms with Crippen molar-refractivity contribution in [1.29, 1.82) is 0 Å². The van der Waals surface area contributed by atoms with Gasteiger partial charge in [-0.2, -0.15) is 11.3 Å². The molecule has 0 unspecified atom stereocenters. The summed E-state index contributed by atoms with van der Waals surface area (Å²) in [7, 11) is 0. The van der Waals surface area contributed by atoms with Crippen LogP contribution in [0.1, 0.15) is 18.1 Å². The van der Waals surface area contributed by atoms with Gasteiger partial charge in [0.25, 0.3) is 0 Å². The van der Waals surface area contributed by atoms with Gasteiger partial charge < -0.3 is 9.72 Å². The van der Waals surface area contributed by atoms with Gasteiger partial charge in [-0.05, 0) is 60.0 Å². The fourth-order valence-electron chi connectivity index (χ4n) is 3.30. The maximum atomic E-state index is 11.9. The fraction of sp³-hybridized carbons (Fsp3) is 0.130. The third-order valence-corrected chi connectivity index (χ3v) is 5.24. The lowest BCUT2D eigenvalue weighted by atomic mass is 9.95. The summed E-state index contributed by atoms with van der Waals surface area (Å²) >= 11 is 1.68. The number of carbonyl (C=O) groups excluding carboxylic acids is 1. The maximum Gasteiger partial charge on any atom is 0.330 e. The monoisotopic (exact) mass is 388 g/mol. The van der Waals surface area contributed by atoms with Crippen molar-refractivity contribution >= 4 is 34.4 Å². The summed E-state index contributed by atoms with van der Waals surface area (Å²) in [5, 5.41) is 5.19. The zero-order valence-corrected chi connectivity index (χ0v) is 16.5. The predicted molar refractivity (Wildman–Crippen MR) is 115 cm³/mol.